The standard InChI is InChI=1S/C15H24N2O3S/c1-4-7-8-15(18)16-13-9-11-14(12-10-13)21(19,20)17(5-2)6-3/h9-12H,4-8H2,1-3H3,(H,16,18). The Morgan fingerprint density at radius 2 is 1.67 bits per heavy atom. The second kappa shape index (κ2) is 8.14. The molecule has 1 amide bonds. The van der Waals surface area contributed by atoms with E-state index in [4.69, 9.17) is 0 Å². The van der Waals surface area contributed by atoms with Crippen LogP contribution in [0, 0.1) is 0 Å². The number of hydrogen-bond acceptors (Lipinski definition) is 3. The Kier molecular flexibility index (Phi) is 6.84. The molecule has 0 atom stereocenters. The lowest BCUT2D eigenvalue weighted by Gasteiger charge is -2.18. The van der Waals surface area contributed by atoms with E-state index in [0.29, 0.717) is 25.2 Å². The molecule has 0 radical (unpaired) electrons. The van der Waals surface area contributed by atoms with Crippen molar-refractivity contribution >= 4 is 21.6 Å². The molecule has 1 aromatic carbocycles. The van der Waals surface area contributed by atoms with E-state index in [1.807, 2.05) is 20.8 Å². The molecule has 1 N–H and O–H groups in total. The van der Waals surface area contributed by atoms with E-state index >= 15 is 0 Å². The van der Waals surface area contributed by atoms with Crippen molar-refractivity contribution in [2.75, 3.05) is 18.4 Å². The zero-order chi connectivity index (χ0) is 15.9. The fraction of sp³-hybridized carbons (Fsp3) is 0.533. The van der Waals surface area contributed by atoms with Crippen molar-refractivity contribution in [1.82, 2.24) is 4.31 Å². The van der Waals surface area contributed by atoms with Crippen LogP contribution in [0.2, 0.25) is 0 Å². The predicted octanol–water partition coefficient (Wildman–Crippen LogP) is 2.85. The van der Waals surface area contributed by atoms with Gasteiger partial charge in [-0.3, -0.25) is 4.79 Å². The molecule has 1 rings (SSSR count). The van der Waals surface area contributed by atoms with Crippen LogP contribution in [-0.2, 0) is 14.8 Å². The minimum atomic E-state index is -3.44. The zero-order valence-electron chi connectivity index (χ0n) is 12.9. The molecule has 0 saturated carbocycles. The average molecular weight is 312 g/mol. The first kappa shape index (κ1) is 17.7. The fourth-order valence-corrected chi connectivity index (χ4v) is 3.44. The Labute approximate surface area is 127 Å². The number of carbonyl (C=O) groups is 1. The molecule has 1 aromatic rings. The highest BCUT2D eigenvalue weighted by Crippen LogP contribution is 2.18. The summed E-state index contributed by atoms with van der Waals surface area (Å²) in [7, 11) is -3.44. The van der Waals surface area contributed by atoms with Crippen LogP contribution in [0.3, 0.4) is 0 Å². The molecular weight excluding hydrogens is 288 g/mol. The van der Waals surface area contributed by atoms with Crippen molar-refractivity contribution in [3.63, 3.8) is 0 Å². The molecule has 0 unspecified atom stereocenters. The first-order chi connectivity index (χ1) is 9.95. The van der Waals surface area contributed by atoms with Gasteiger partial charge in [-0.15, -0.1) is 0 Å². The fourth-order valence-electron chi connectivity index (χ4n) is 1.98. The van der Waals surface area contributed by atoms with Crippen molar-refractivity contribution in [2.24, 2.45) is 0 Å². The molecule has 6 heteroatoms. The number of benzene rings is 1. The molecule has 0 aliphatic carbocycles. The summed E-state index contributed by atoms with van der Waals surface area (Å²) < 4.78 is 26.0. The van der Waals surface area contributed by atoms with Crippen molar-refractivity contribution < 1.29 is 13.2 Å². The summed E-state index contributed by atoms with van der Waals surface area (Å²) in [6, 6.07) is 6.31. The normalized spacial score (nSPS) is 11.6. The Balaban J connectivity index is 2.80. The highest BCUT2D eigenvalue weighted by Gasteiger charge is 2.21. The van der Waals surface area contributed by atoms with Gasteiger partial charge in [-0.05, 0) is 30.7 Å². The van der Waals surface area contributed by atoms with Gasteiger partial charge in [0, 0.05) is 25.2 Å². The predicted molar refractivity (Wildman–Crippen MR) is 84.7 cm³/mol. The van der Waals surface area contributed by atoms with E-state index in [0.717, 1.165) is 12.8 Å². The largest absolute Gasteiger partial charge is 0.326 e. The quantitative estimate of drug-likeness (QED) is 0.802. The van der Waals surface area contributed by atoms with E-state index in [9.17, 15) is 13.2 Å². The third kappa shape index (κ3) is 4.82. The Hall–Kier alpha value is -1.40. The minimum Gasteiger partial charge on any atom is -0.326 e. The van der Waals surface area contributed by atoms with Crippen molar-refractivity contribution in [1.29, 1.82) is 0 Å². The summed E-state index contributed by atoms with van der Waals surface area (Å²) in [5.74, 6) is -0.0452. The van der Waals surface area contributed by atoms with Crippen LogP contribution in [0.15, 0.2) is 29.2 Å². The molecule has 0 aliphatic heterocycles. The summed E-state index contributed by atoms with van der Waals surface area (Å²) in [5.41, 5.74) is 0.620. The van der Waals surface area contributed by atoms with Crippen LogP contribution in [0.4, 0.5) is 5.69 Å². The highest BCUT2D eigenvalue weighted by molar-refractivity contribution is 7.89. The lowest BCUT2D eigenvalue weighted by Crippen LogP contribution is -2.30. The van der Waals surface area contributed by atoms with Crippen LogP contribution >= 0.6 is 0 Å². The molecule has 5 nitrogen and oxygen atoms in total. The molecule has 0 saturated heterocycles. The maximum absolute atomic E-state index is 12.3. The number of unbranched alkanes of at least 4 members (excludes halogenated alkanes) is 1. The van der Waals surface area contributed by atoms with E-state index in [-0.39, 0.29) is 10.8 Å². The van der Waals surface area contributed by atoms with Gasteiger partial charge in [0.15, 0.2) is 0 Å². The van der Waals surface area contributed by atoms with Crippen LogP contribution in [0.5, 0.6) is 0 Å². The van der Waals surface area contributed by atoms with Crippen LogP contribution in [0.1, 0.15) is 40.0 Å². The van der Waals surface area contributed by atoms with Gasteiger partial charge in [0.25, 0.3) is 0 Å². The van der Waals surface area contributed by atoms with Gasteiger partial charge in [-0.25, -0.2) is 8.42 Å². The Morgan fingerprint density at radius 1 is 1.10 bits per heavy atom. The van der Waals surface area contributed by atoms with Crippen molar-refractivity contribution in [3.8, 4) is 0 Å². The number of nitrogens with one attached hydrogen (secondary N) is 1. The smallest absolute Gasteiger partial charge is 0.243 e. The summed E-state index contributed by atoms with van der Waals surface area (Å²) in [6.07, 6.45) is 2.30. The first-order valence-corrected chi connectivity index (χ1v) is 8.79. The molecule has 21 heavy (non-hydrogen) atoms. The summed E-state index contributed by atoms with van der Waals surface area (Å²) >= 11 is 0. The average Bonchev–Trinajstić information content (AvgIpc) is 2.46. The highest BCUT2D eigenvalue weighted by atomic mass is 32.2. The minimum absolute atomic E-state index is 0.0452. The molecule has 0 aliphatic rings. The third-order valence-electron chi connectivity index (χ3n) is 3.24. The topological polar surface area (TPSA) is 66.5 Å². The second-order valence-corrected chi connectivity index (χ2v) is 6.70. The molecule has 118 valence electrons. The third-order valence-corrected chi connectivity index (χ3v) is 5.30. The van der Waals surface area contributed by atoms with Crippen LogP contribution in [-0.4, -0.2) is 31.7 Å². The lowest BCUT2D eigenvalue weighted by atomic mass is 10.2. The molecule has 0 fully saturated rings. The number of carbonyl (C=O) groups excluding carboxylic acids is 1. The summed E-state index contributed by atoms with van der Waals surface area (Å²) in [5, 5.41) is 2.77. The van der Waals surface area contributed by atoms with E-state index in [2.05, 4.69) is 5.32 Å². The van der Waals surface area contributed by atoms with E-state index in [1.165, 1.54) is 16.4 Å². The molecule has 0 heterocycles. The second-order valence-electron chi connectivity index (χ2n) is 4.77. The van der Waals surface area contributed by atoms with Gasteiger partial charge in [-0.2, -0.15) is 4.31 Å². The lowest BCUT2D eigenvalue weighted by molar-refractivity contribution is -0.116. The molecular formula is C15H24N2O3S. The zero-order valence-corrected chi connectivity index (χ0v) is 13.7. The first-order valence-electron chi connectivity index (χ1n) is 7.35. The van der Waals surface area contributed by atoms with Crippen LogP contribution in [0.25, 0.3) is 0 Å². The van der Waals surface area contributed by atoms with Gasteiger partial charge in [0.2, 0.25) is 15.9 Å². The molecule has 0 bridgehead atoms. The number of hydrogen-bond donors (Lipinski definition) is 1. The number of amides is 1. The maximum Gasteiger partial charge on any atom is 0.243 e. The van der Waals surface area contributed by atoms with Gasteiger partial charge in [0.1, 0.15) is 0 Å². The van der Waals surface area contributed by atoms with Crippen LogP contribution < -0.4 is 5.32 Å². The SMILES string of the molecule is CCCCC(=O)Nc1ccc(S(=O)(=O)N(CC)CC)cc1. The monoisotopic (exact) mass is 312 g/mol. The number of anilines is 1. The summed E-state index contributed by atoms with van der Waals surface area (Å²) in [6.45, 7) is 6.52. The maximum atomic E-state index is 12.3. The Bertz CT molecular complexity index is 549. The van der Waals surface area contributed by atoms with E-state index < -0.39 is 10.0 Å². The summed E-state index contributed by atoms with van der Waals surface area (Å²) in [4.78, 5) is 11.9. The van der Waals surface area contributed by atoms with Crippen molar-refractivity contribution in [3.05, 3.63) is 24.3 Å². The number of nitrogens with zero attached hydrogens (tertiary/aromatic N) is 1. The van der Waals surface area contributed by atoms with Gasteiger partial charge in [0.05, 0.1) is 4.90 Å². The van der Waals surface area contributed by atoms with Gasteiger partial charge >= 0.3 is 0 Å². The van der Waals surface area contributed by atoms with E-state index in [1.54, 1.807) is 12.1 Å². The van der Waals surface area contributed by atoms with Crippen molar-refractivity contribution in [2.45, 2.75) is 44.9 Å². The molecule has 0 spiro atoms. The number of rotatable bonds is 8. The van der Waals surface area contributed by atoms with Gasteiger partial charge < -0.3 is 5.32 Å². The number of sulfonamides is 1. The van der Waals surface area contributed by atoms with Gasteiger partial charge in [-0.1, -0.05) is 27.2 Å². The molecule has 0 aromatic heterocycles. The Morgan fingerprint density at radius 3 is 2.14 bits per heavy atom.